The van der Waals surface area contributed by atoms with Gasteiger partial charge in [0.05, 0.1) is 21.8 Å². The summed E-state index contributed by atoms with van der Waals surface area (Å²) in [7, 11) is -1.15. The van der Waals surface area contributed by atoms with Crippen LogP contribution in [0.3, 0.4) is 0 Å². The van der Waals surface area contributed by atoms with E-state index in [1.165, 1.54) is 12.8 Å². The molecule has 0 spiro atoms. The van der Waals surface area contributed by atoms with E-state index in [2.05, 4.69) is 20.9 Å². The number of hydrogen-bond acceptors (Lipinski definition) is 4. The normalized spacial score (nSPS) is 17.9. The van der Waals surface area contributed by atoms with Gasteiger partial charge in [-0.2, -0.15) is 0 Å². The molecule has 1 saturated carbocycles. The van der Waals surface area contributed by atoms with Gasteiger partial charge in [0.25, 0.3) is 0 Å². The summed E-state index contributed by atoms with van der Waals surface area (Å²) in [5.41, 5.74) is 2.94. The number of aromatic nitrogens is 2. The first kappa shape index (κ1) is 16.3. The second-order valence-electron chi connectivity index (χ2n) is 7.08. The van der Waals surface area contributed by atoms with E-state index in [1.807, 2.05) is 46.0 Å². The summed E-state index contributed by atoms with van der Waals surface area (Å²) in [6.07, 6.45) is 4.27. The molecule has 124 valence electrons. The highest BCUT2D eigenvalue weighted by molar-refractivity contribution is 7.84. The Labute approximate surface area is 139 Å². The Morgan fingerprint density at radius 1 is 1.35 bits per heavy atom. The maximum absolute atomic E-state index is 12.2. The molecular weight excluding hydrogens is 310 g/mol. The van der Waals surface area contributed by atoms with Gasteiger partial charge < -0.3 is 4.52 Å². The first-order chi connectivity index (χ1) is 10.8. The molecule has 2 unspecified atom stereocenters. The molecule has 0 bridgehead atoms. The molecule has 3 rings (SSSR count). The Balaban J connectivity index is 1.75. The van der Waals surface area contributed by atoms with Crippen LogP contribution in [0.15, 0.2) is 28.9 Å². The Morgan fingerprint density at radius 2 is 2.09 bits per heavy atom. The second kappa shape index (κ2) is 6.17. The fourth-order valence-electron chi connectivity index (χ4n) is 2.23. The SMILES string of the molecule is CC(NS(=O)C(C)(C)C)c1cc(-c2ccnc(C3CC3)c2)no1. The molecule has 0 aromatic carbocycles. The van der Waals surface area contributed by atoms with Crippen molar-refractivity contribution in [1.82, 2.24) is 14.9 Å². The molecule has 6 heteroatoms. The van der Waals surface area contributed by atoms with Crippen molar-refractivity contribution in [3.8, 4) is 11.3 Å². The van der Waals surface area contributed by atoms with Gasteiger partial charge in [0.1, 0.15) is 5.69 Å². The van der Waals surface area contributed by atoms with E-state index in [9.17, 15) is 4.21 Å². The standard InChI is InChI=1S/C17H23N3O2S/c1-11(20-23(21)17(2,3)4)16-10-15(19-22-16)13-7-8-18-14(9-13)12-5-6-12/h7-12,20H,5-6H2,1-4H3. The summed E-state index contributed by atoms with van der Waals surface area (Å²) in [4.78, 5) is 4.42. The lowest BCUT2D eigenvalue weighted by molar-refractivity contribution is 0.363. The van der Waals surface area contributed by atoms with E-state index >= 15 is 0 Å². The molecule has 2 atom stereocenters. The Morgan fingerprint density at radius 3 is 2.74 bits per heavy atom. The molecule has 1 aliphatic rings. The molecule has 2 heterocycles. The topological polar surface area (TPSA) is 68.0 Å². The highest BCUT2D eigenvalue weighted by atomic mass is 32.2. The lowest BCUT2D eigenvalue weighted by atomic mass is 10.1. The van der Waals surface area contributed by atoms with Crippen LogP contribution in [0.1, 0.15) is 64.0 Å². The van der Waals surface area contributed by atoms with Crippen LogP contribution in [-0.4, -0.2) is 19.1 Å². The Kier molecular flexibility index (Phi) is 4.38. The molecule has 1 N–H and O–H groups in total. The molecule has 2 aromatic heterocycles. The van der Waals surface area contributed by atoms with Crippen LogP contribution in [0, 0.1) is 0 Å². The minimum absolute atomic E-state index is 0.166. The van der Waals surface area contributed by atoms with E-state index < -0.39 is 11.0 Å². The zero-order chi connectivity index (χ0) is 16.6. The second-order valence-corrected chi connectivity index (χ2v) is 9.08. The summed E-state index contributed by atoms with van der Waals surface area (Å²) in [6, 6.07) is 5.77. The number of hydrogen-bond donors (Lipinski definition) is 1. The van der Waals surface area contributed by atoms with Gasteiger partial charge in [-0.25, -0.2) is 8.93 Å². The van der Waals surface area contributed by atoms with Gasteiger partial charge in [-0.1, -0.05) is 5.16 Å². The summed E-state index contributed by atoms with van der Waals surface area (Å²) in [5.74, 6) is 1.29. The Bertz CT molecular complexity index is 717. The number of rotatable bonds is 5. The highest BCUT2D eigenvalue weighted by Gasteiger charge is 2.26. The van der Waals surface area contributed by atoms with Crippen molar-refractivity contribution in [3.63, 3.8) is 0 Å². The van der Waals surface area contributed by atoms with Gasteiger partial charge in [-0.15, -0.1) is 0 Å². The van der Waals surface area contributed by atoms with Crippen molar-refractivity contribution in [2.24, 2.45) is 0 Å². The first-order valence-electron chi connectivity index (χ1n) is 7.95. The van der Waals surface area contributed by atoms with Crippen LogP contribution >= 0.6 is 0 Å². The molecule has 0 aliphatic heterocycles. The van der Waals surface area contributed by atoms with E-state index in [0.717, 1.165) is 17.0 Å². The smallest absolute Gasteiger partial charge is 0.154 e. The number of nitrogens with one attached hydrogen (secondary N) is 1. The molecule has 5 nitrogen and oxygen atoms in total. The first-order valence-corrected chi connectivity index (χ1v) is 9.10. The van der Waals surface area contributed by atoms with Crippen LogP contribution in [0.4, 0.5) is 0 Å². The van der Waals surface area contributed by atoms with E-state index in [4.69, 9.17) is 4.52 Å². The van der Waals surface area contributed by atoms with Gasteiger partial charge in [-0.3, -0.25) is 4.98 Å². The molecule has 23 heavy (non-hydrogen) atoms. The van der Waals surface area contributed by atoms with Crippen LogP contribution < -0.4 is 4.72 Å². The largest absolute Gasteiger partial charge is 0.359 e. The van der Waals surface area contributed by atoms with Crippen molar-refractivity contribution < 1.29 is 8.73 Å². The van der Waals surface area contributed by atoms with Crippen LogP contribution in [0.5, 0.6) is 0 Å². The molecule has 0 saturated heterocycles. The van der Waals surface area contributed by atoms with Gasteiger partial charge in [0, 0.05) is 29.4 Å². The third-order valence-electron chi connectivity index (χ3n) is 3.87. The van der Waals surface area contributed by atoms with Crippen molar-refractivity contribution in [2.45, 2.75) is 57.2 Å². The van der Waals surface area contributed by atoms with E-state index in [1.54, 1.807) is 0 Å². The predicted octanol–water partition coefficient (Wildman–Crippen LogP) is 3.73. The van der Waals surface area contributed by atoms with Crippen molar-refractivity contribution in [1.29, 1.82) is 0 Å². The average molecular weight is 333 g/mol. The summed E-state index contributed by atoms with van der Waals surface area (Å²) in [5, 5.41) is 4.16. The highest BCUT2D eigenvalue weighted by Crippen LogP contribution is 2.39. The zero-order valence-corrected chi connectivity index (χ0v) is 14.8. The van der Waals surface area contributed by atoms with Crippen molar-refractivity contribution >= 4 is 11.0 Å². The molecule has 2 aromatic rings. The fraction of sp³-hybridized carbons (Fsp3) is 0.529. The summed E-state index contributed by atoms with van der Waals surface area (Å²) < 4.78 is 20.4. The number of nitrogens with zero attached hydrogens (tertiary/aromatic N) is 2. The third-order valence-corrected chi connectivity index (χ3v) is 5.55. The average Bonchev–Trinajstić information content (AvgIpc) is 3.23. The van der Waals surface area contributed by atoms with Crippen LogP contribution in [-0.2, 0) is 11.0 Å². The fourth-order valence-corrected chi connectivity index (χ4v) is 3.03. The van der Waals surface area contributed by atoms with Crippen molar-refractivity contribution in [3.05, 3.63) is 35.9 Å². The molecule has 0 amide bonds. The van der Waals surface area contributed by atoms with Crippen LogP contribution in [0.25, 0.3) is 11.3 Å². The van der Waals surface area contributed by atoms with Crippen LogP contribution in [0.2, 0.25) is 0 Å². The molecular formula is C17H23N3O2S. The predicted molar refractivity (Wildman–Crippen MR) is 91.2 cm³/mol. The van der Waals surface area contributed by atoms with Gasteiger partial charge in [-0.05, 0) is 52.7 Å². The quantitative estimate of drug-likeness (QED) is 0.905. The van der Waals surface area contributed by atoms with E-state index in [0.29, 0.717) is 11.7 Å². The van der Waals surface area contributed by atoms with E-state index in [-0.39, 0.29) is 10.8 Å². The lowest BCUT2D eigenvalue weighted by Gasteiger charge is -2.20. The minimum atomic E-state index is -1.15. The molecule has 1 aliphatic carbocycles. The molecule has 0 radical (unpaired) electrons. The van der Waals surface area contributed by atoms with Gasteiger partial charge in [0.2, 0.25) is 0 Å². The monoisotopic (exact) mass is 333 g/mol. The minimum Gasteiger partial charge on any atom is -0.359 e. The lowest BCUT2D eigenvalue weighted by Crippen LogP contribution is -2.34. The molecule has 1 fully saturated rings. The number of pyridine rings is 1. The van der Waals surface area contributed by atoms with Gasteiger partial charge in [0.15, 0.2) is 5.76 Å². The Hall–Kier alpha value is -1.53. The summed E-state index contributed by atoms with van der Waals surface area (Å²) >= 11 is 0. The summed E-state index contributed by atoms with van der Waals surface area (Å²) in [6.45, 7) is 7.73. The maximum Gasteiger partial charge on any atom is 0.154 e. The zero-order valence-electron chi connectivity index (χ0n) is 14.0. The maximum atomic E-state index is 12.2. The van der Waals surface area contributed by atoms with Gasteiger partial charge >= 0.3 is 0 Å². The third kappa shape index (κ3) is 3.87. The van der Waals surface area contributed by atoms with Crippen molar-refractivity contribution in [2.75, 3.05) is 0 Å².